The van der Waals surface area contributed by atoms with Crippen LogP contribution in [0.25, 0.3) is 0 Å². The normalized spacial score (nSPS) is 12.7. The lowest BCUT2D eigenvalue weighted by Gasteiger charge is -2.15. The van der Waals surface area contributed by atoms with Crippen molar-refractivity contribution in [1.29, 1.82) is 0 Å². The molecule has 0 radical (unpaired) electrons. The van der Waals surface area contributed by atoms with E-state index >= 15 is 0 Å². The van der Waals surface area contributed by atoms with Gasteiger partial charge in [0.05, 0.1) is 17.7 Å². The van der Waals surface area contributed by atoms with E-state index in [1.807, 2.05) is 32.0 Å². The Morgan fingerprint density at radius 1 is 1.30 bits per heavy atom. The number of ether oxygens (including phenoxy) is 2. The molecular formula is C15H24ClNO3. The van der Waals surface area contributed by atoms with Crippen LogP contribution in [0.5, 0.6) is 5.75 Å². The fourth-order valence-corrected chi connectivity index (χ4v) is 1.84. The van der Waals surface area contributed by atoms with E-state index in [0.717, 1.165) is 18.7 Å². The lowest BCUT2D eigenvalue weighted by atomic mass is 10.2. The lowest BCUT2D eigenvalue weighted by molar-refractivity contribution is -0.0122. The van der Waals surface area contributed by atoms with Gasteiger partial charge in [0.25, 0.3) is 0 Å². The van der Waals surface area contributed by atoms with Crippen molar-refractivity contribution in [2.75, 3.05) is 19.8 Å². The quantitative estimate of drug-likeness (QED) is 0.736. The first-order chi connectivity index (χ1) is 9.52. The van der Waals surface area contributed by atoms with E-state index in [9.17, 15) is 5.11 Å². The Morgan fingerprint density at radius 3 is 2.65 bits per heavy atom. The van der Waals surface area contributed by atoms with E-state index in [4.69, 9.17) is 21.1 Å². The van der Waals surface area contributed by atoms with Crippen molar-refractivity contribution in [2.45, 2.75) is 39.5 Å². The van der Waals surface area contributed by atoms with Gasteiger partial charge in [0.15, 0.2) is 0 Å². The summed E-state index contributed by atoms with van der Waals surface area (Å²) < 4.78 is 10.8. The van der Waals surface area contributed by atoms with Crippen molar-refractivity contribution in [3.63, 3.8) is 0 Å². The molecule has 0 bridgehead atoms. The van der Waals surface area contributed by atoms with Crippen LogP contribution in [0.3, 0.4) is 0 Å². The van der Waals surface area contributed by atoms with E-state index in [0.29, 0.717) is 10.8 Å². The van der Waals surface area contributed by atoms with E-state index < -0.39 is 6.10 Å². The minimum Gasteiger partial charge on any atom is -0.489 e. The summed E-state index contributed by atoms with van der Waals surface area (Å²) in [6.45, 7) is 8.02. The van der Waals surface area contributed by atoms with Crippen LogP contribution in [-0.2, 0) is 11.3 Å². The number of nitrogens with one attached hydrogen (secondary N) is 1. The number of rotatable bonds is 9. The molecule has 1 rings (SSSR count). The minimum absolute atomic E-state index is 0.0959. The number of aliphatic hydroxyl groups excluding tert-OH is 1. The van der Waals surface area contributed by atoms with E-state index in [2.05, 4.69) is 12.2 Å². The average Bonchev–Trinajstić information content (AvgIpc) is 2.41. The molecule has 114 valence electrons. The fourth-order valence-electron chi connectivity index (χ4n) is 1.58. The Morgan fingerprint density at radius 2 is 2.05 bits per heavy atom. The van der Waals surface area contributed by atoms with Gasteiger partial charge in [-0.3, -0.25) is 0 Å². The molecule has 0 amide bonds. The third kappa shape index (κ3) is 6.57. The summed E-state index contributed by atoms with van der Waals surface area (Å²) in [7, 11) is 0. The molecule has 1 aromatic rings. The third-order valence-electron chi connectivity index (χ3n) is 2.63. The summed E-state index contributed by atoms with van der Waals surface area (Å²) in [5.74, 6) is 0.579. The zero-order chi connectivity index (χ0) is 15.0. The van der Waals surface area contributed by atoms with Crippen LogP contribution in [0.4, 0.5) is 0 Å². The van der Waals surface area contributed by atoms with Gasteiger partial charge in [0.2, 0.25) is 0 Å². The molecule has 0 aliphatic carbocycles. The Bertz CT molecular complexity index is 399. The van der Waals surface area contributed by atoms with Crippen LogP contribution in [0.2, 0.25) is 5.02 Å². The van der Waals surface area contributed by atoms with Crippen molar-refractivity contribution >= 4 is 11.6 Å². The van der Waals surface area contributed by atoms with Crippen molar-refractivity contribution in [2.24, 2.45) is 0 Å². The van der Waals surface area contributed by atoms with Crippen LogP contribution >= 0.6 is 11.6 Å². The Kier molecular flexibility index (Phi) is 7.92. The molecule has 5 heteroatoms. The fraction of sp³-hybridized carbons (Fsp3) is 0.600. The summed E-state index contributed by atoms with van der Waals surface area (Å²) in [5, 5.41) is 13.5. The molecule has 0 fully saturated rings. The van der Waals surface area contributed by atoms with Crippen molar-refractivity contribution in [3.05, 3.63) is 28.8 Å². The Labute approximate surface area is 126 Å². The summed E-state index contributed by atoms with van der Waals surface area (Å²) in [4.78, 5) is 0. The SMILES string of the molecule is CCNCc1ccc(OCC(O)COC(C)C)c(Cl)c1. The van der Waals surface area contributed by atoms with Crippen LogP contribution in [0.15, 0.2) is 18.2 Å². The highest BCUT2D eigenvalue weighted by atomic mass is 35.5. The molecule has 0 aliphatic heterocycles. The molecule has 2 N–H and O–H groups in total. The molecule has 0 aromatic heterocycles. The molecule has 1 atom stereocenters. The lowest BCUT2D eigenvalue weighted by Crippen LogP contribution is -2.25. The minimum atomic E-state index is -0.657. The summed E-state index contributed by atoms with van der Waals surface area (Å²) in [6.07, 6.45) is -0.562. The highest BCUT2D eigenvalue weighted by molar-refractivity contribution is 6.32. The van der Waals surface area contributed by atoms with Crippen LogP contribution in [0.1, 0.15) is 26.3 Å². The maximum absolute atomic E-state index is 9.72. The van der Waals surface area contributed by atoms with Crippen molar-refractivity contribution < 1.29 is 14.6 Å². The zero-order valence-electron chi connectivity index (χ0n) is 12.4. The smallest absolute Gasteiger partial charge is 0.138 e. The number of aliphatic hydroxyl groups is 1. The van der Waals surface area contributed by atoms with Crippen molar-refractivity contribution in [3.8, 4) is 5.75 Å². The standard InChI is InChI=1S/C15H24ClNO3/c1-4-17-8-12-5-6-15(14(16)7-12)20-10-13(18)9-19-11(2)3/h5-7,11,13,17-18H,4,8-10H2,1-3H3. The highest BCUT2D eigenvalue weighted by Gasteiger charge is 2.09. The van der Waals surface area contributed by atoms with Gasteiger partial charge in [-0.2, -0.15) is 0 Å². The predicted molar refractivity (Wildman–Crippen MR) is 81.4 cm³/mol. The molecule has 20 heavy (non-hydrogen) atoms. The van der Waals surface area contributed by atoms with Gasteiger partial charge in [-0.1, -0.05) is 24.6 Å². The molecule has 0 saturated heterocycles. The first-order valence-electron chi connectivity index (χ1n) is 6.94. The second-order valence-electron chi connectivity index (χ2n) is 4.89. The van der Waals surface area contributed by atoms with E-state index in [1.54, 1.807) is 0 Å². The molecule has 0 saturated carbocycles. The van der Waals surface area contributed by atoms with Gasteiger partial charge < -0.3 is 19.9 Å². The first-order valence-corrected chi connectivity index (χ1v) is 7.32. The van der Waals surface area contributed by atoms with Crippen molar-refractivity contribution in [1.82, 2.24) is 5.32 Å². The van der Waals surface area contributed by atoms with E-state index in [1.165, 1.54) is 0 Å². The molecule has 0 aliphatic rings. The second-order valence-corrected chi connectivity index (χ2v) is 5.30. The average molecular weight is 302 g/mol. The summed E-state index contributed by atoms with van der Waals surface area (Å²) in [6, 6.07) is 5.66. The van der Waals surface area contributed by atoms with Gasteiger partial charge in [-0.25, -0.2) is 0 Å². The Balaban J connectivity index is 2.43. The number of halogens is 1. The summed E-state index contributed by atoms with van der Waals surface area (Å²) >= 11 is 6.15. The monoisotopic (exact) mass is 301 g/mol. The largest absolute Gasteiger partial charge is 0.489 e. The van der Waals surface area contributed by atoms with Gasteiger partial charge >= 0.3 is 0 Å². The third-order valence-corrected chi connectivity index (χ3v) is 2.92. The molecule has 1 unspecified atom stereocenters. The maximum atomic E-state index is 9.72. The van der Waals surface area contributed by atoms with Gasteiger partial charge in [0.1, 0.15) is 18.5 Å². The molecule has 4 nitrogen and oxygen atoms in total. The zero-order valence-corrected chi connectivity index (χ0v) is 13.1. The van der Waals surface area contributed by atoms with Gasteiger partial charge in [0, 0.05) is 6.54 Å². The predicted octanol–water partition coefficient (Wildman–Crippen LogP) is 2.61. The van der Waals surface area contributed by atoms with Gasteiger partial charge in [-0.05, 0) is 38.1 Å². The van der Waals surface area contributed by atoms with Crippen LogP contribution < -0.4 is 10.1 Å². The number of hydrogen-bond donors (Lipinski definition) is 2. The maximum Gasteiger partial charge on any atom is 0.138 e. The first kappa shape index (κ1) is 17.2. The summed E-state index contributed by atoms with van der Waals surface area (Å²) in [5.41, 5.74) is 1.10. The molecule has 0 spiro atoms. The van der Waals surface area contributed by atoms with E-state index in [-0.39, 0.29) is 19.3 Å². The molecule has 0 heterocycles. The second kappa shape index (κ2) is 9.19. The molecular weight excluding hydrogens is 278 g/mol. The topological polar surface area (TPSA) is 50.7 Å². The van der Waals surface area contributed by atoms with Crippen LogP contribution in [-0.4, -0.2) is 37.1 Å². The highest BCUT2D eigenvalue weighted by Crippen LogP contribution is 2.25. The molecule has 1 aromatic carbocycles. The number of hydrogen-bond acceptors (Lipinski definition) is 4. The Hall–Kier alpha value is -0.810. The van der Waals surface area contributed by atoms with Gasteiger partial charge in [-0.15, -0.1) is 0 Å². The van der Waals surface area contributed by atoms with Crippen LogP contribution in [0, 0.1) is 0 Å². The number of benzene rings is 1.